The molecule has 0 saturated carbocycles. The monoisotopic (exact) mass is 414 g/mol. The van der Waals surface area contributed by atoms with Crippen LogP contribution in [-0.2, 0) is 9.53 Å². The molecule has 0 heterocycles. The molecule has 8 nitrogen and oxygen atoms in total. The number of methoxy groups -OCH3 is 2. The van der Waals surface area contributed by atoms with Crippen LogP contribution in [0.15, 0.2) is 42.5 Å². The molecule has 0 aliphatic heterocycles. The van der Waals surface area contributed by atoms with E-state index in [1.54, 1.807) is 41.3 Å². The van der Waals surface area contributed by atoms with E-state index >= 15 is 0 Å². The van der Waals surface area contributed by atoms with Gasteiger partial charge in [-0.1, -0.05) is 6.07 Å². The molecule has 0 saturated heterocycles. The first-order chi connectivity index (χ1) is 14.4. The zero-order valence-electron chi connectivity index (χ0n) is 17.6. The highest BCUT2D eigenvalue weighted by Gasteiger charge is 2.19. The number of carbonyl (C=O) groups is 3. The zero-order chi connectivity index (χ0) is 22.1. The fraction of sp³-hybridized carbons (Fsp3) is 0.318. The minimum absolute atomic E-state index is 0.0703. The first kappa shape index (κ1) is 22.7. The lowest BCUT2D eigenvalue weighted by atomic mass is 10.1. The lowest BCUT2D eigenvalue weighted by Crippen LogP contribution is -2.30. The van der Waals surface area contributed by atoms with Gasteiger partial charge in [-0.3, -0.25) is 9.59 Å². The van der Waals surface area contributed by atoms with E-state index in [9.17, 15) is 14.4 Å². The number of rotatable bonds is 9. The smallest absolute Gasteiger partial charge is 0.342 e. The minimum atomic E-state index is -0.707. The molecule has 0 spiro atoms. The standard InChI is InChI=1S/C22H26N2O6/c1-5-24(6-2)21(26)15-10-12-16(13-11-15)23-19(25)14-30-22(27)17-8-7-9-18(28-3)20(17)29-4/h7-13H,5-6,14H2,1-4H3,(H,23,25). The predicted molar refractivity (Wildman–Crippen MR) is 112 cm³/mol. The number of anilines is 1. The van der Waals surface area contributed by atoms with E-state index in [1.807, 2.05) is 13.8 Å². The molecule has 8 heteroatoms. The molecular weight excluding hydrogens is 388 g/mol. The molecule has 0 bridgehead atoms. The molecular formula is C22H26N2O6. The number of ether oxygens (including phenoxy) is 3. The Morgan fingerprint density at radius 3 is 2.17 bits per heavy atom. The second-order valence-corrected chi connectivity index (χ2v) is 6.22. The fourth-order valence-corrected chi connectivity index (χ4v) is 2.84. The third-order valence-corrected chi connectivity index (χ3v) is 4.42. The number of esters is 1. The number of para-hydroxylation sites is 1. The van der Waals surface area contributed by atoms with Crippen molar-refractivity contribution in [2.45, 2.75) is 13.8 Å². The summed E-state index contributed by atoms with van der Waals surface area (Å²) >= 11 is 0. The van der Waals surface area contributed by atoms with E-state index in [-0.39, 0.29) is 17.2 Å². The van der Waals surface area contributed by atoms with Crippen molar-refractivity contribution in [3.8, 4) is 11.5 Å². The highest BCUT2D eigenvalue weighted by atomic mass is 16.5. The summed E-state index contributed by atoms with van der Waals surface area (Å²) < 4.78 is 15.4. The van der Waals surface area contributed by atoms with Crippen molar-refractivity contribution in [1.82, 2.24) is 4.90 Å². The summed E-state index contributed by atoms with van der Waals surface area (Å²) in [5.74, 6) is -0.664. The number of hydrogen-bond donors (Lipinski definition) is 1. The maximum Gasteiger partial charge on any atom is 0.342 e. The van der Waals surface area contributed by atoms with Crippen LogP contribution in [-0.4, -0.2) is 56.6 Å². The Labute approximate surface area is 175 Å². The molecule has 1 N–H and O–H groups in total. The van der Waals surface area contributed by atoms with Crippen molar-refractivity contribution in [2.24, 2.45) is 0 Å². The molecule has 0 atom stereocenters. The van der Waals surface area contributed by atoms with Gasteiger partial charge < -0.3 is 24.4 Å². The average Bonchev–Trinajstić information content (AvgIpc) is 2.78. The van der Waals surface area contributed by atoms with Crippen LogP contribution in [0.2, 0.25) is 0 Å². The molecule has 30 heavy (non-hydrogen) atoms. The maximum atomic E-state index is 12.3. The molecule has 0 aromatic heterocycles. The van der Waals surface area contributed by atoms with E-state index in [4.69, 9.17) is 14.2 Å². The van der Waals surface area contributed by atoms with Gasteiger partial charge in [0, 0.05) is 24.3 Å². The second kappa shape index (κ2) is 10.8. The Kier molecular flexibility index (Phi) is 8.22. The lowest BCUT2D eigenvalue weighted by Gasteiger charge is -2.18. The van der Waals surface area contributed by atoms with Crippen LogP contribution < -0.4 is 14.8 Å². The van der Waals surface area contributed by atoms with Gasteiger partial charge in [0.25, 0.3) is 11.8 Å². The summed E-state index contributed by atoms with van der Waals surface area (Å²) in [7, 11) is 2.87. The predicted octanol–water partition coefficient (Wildman–Crippen LogP) is 2.98. The first-order valence-corrected chi connectivity index (χ1v) is 9.52. The van der Waals surface area contributed by atoms with Crippen LogP contribution in [0.5, 0.6) is 11.5 Å². The van der Waals surface area contributed by atoms with Crippen LogP contribution in [0.25, 0.3) is 0 Å². The van der Waals surface area contributed by atoms with Gasteiger partial charge >= 0.3 is 5.97 Å². The molecule has 0 aliphatic carbocycles. The fourth-order valence-electron chi connectivity index (χ4n) is 2.84. The Morgan fingerprint density at radius 2 is 1.60 bits per heavy atom. The van der Waals surface area contributed by atoms with Crippen molar-refractivity contribution in [3.63, 3.8) is 0 Å². The van der Waals surface area contributed by atoms with Crippen LogP contribution in [0.3, 0.4) is 0 Å². The normalized spacial score (nSPS) is 10.1. The first-order valence-electron chi connectivity index (χ1n) is 9.52. The van der Waals surface area contributed by atoms with Crippen molar-refractivity contribution in [2.75, 3.05) is 39.2 Å². The van der Waals surface area contributed by atoms with Crippen LogP contribution in [0.1, 0.15) is 34.6 Å². The Hall–Kier alpha value is -3.55. The summed E-state index contributed by atoms with van der Waals surface area (Å²) in [6.07, 6.45) is 0. The highest BCUT2D eigenvalue weighted by Crippen LogP contribution is 2.31. The quantitative estimate of drug-likeness (QED) is 0.634. The SMILES string of the molecule is CCN(CC)C(=O)c1ccc(NC(=O)COC(=O)c2cccc(OC)c2OC)cc1. The largest absolute Gasteiger partial charge is 0.493 e. The van der Waals surface area contributed by atoms with Gasteiger partial charge in [-0.25, -0.2) is 4.79 Å². The molecule has 0 aliphatic rings. The van der Waals surface area contributed by atoms with E-state index in [1.165, 1.54) is 20.3 Å². The third kappa shape index (κ3) is 5.50. The van der Waals surface area contributed by atoms with Gasteiger partial charge in [-0.2, -0.15) is 0 Å². The van der Waals surface area contributed by atoms with Crippen LogP contribution >= 0.6 is 0 Å². The number of amides is 2. The molecule has 0 unspecified atom stereocenters. The number of benzene rings is 2. The van der Waals surface area contributed by atoms with Gasteiger partial charge in [0.05, 0.1) is 14.2 Å². The number of nitrogens with one attached hydrogen (secondary N) is 1. The Bertz CT molecular complexity index is 891. The molecule has 2 rings (SSSR count). The molecule has 2 aromatic rings. The molecule has 2 amide bonds. The molecule has 160 valence electrons. The third-order valence-electron chi connectivity index (χ3n) is 4.42. The second-order valence-electron chi connectivity index (χ2n) is 6.22. The molecule has 0 radical (unpaired) electrons. The average molecular weight is 414 g/mol. The van der Waals surface area contributed by atoms with Gasteiger partial charge in [-0.15, -0.1) is 0 Å². The van der Waals surface area contributed by atoms with Crippen molar-refractivity contribution >= 4 is 23.5 Å². The minimum Gasteiger partial charge on any atom is -0.493 e. The van der Waals surface area contributed by atoms with E-state index in [0.717, 1.165) is 0 Å². The topological polar surface area (TPSA) is 94.2 Å². The summed E-state index contributed by atoms with van der Waals surface area (Å²) in [5.41, 5.74) is 1.18. The number of carbonyl (C=O) groups excluding carboxylic acids is 3. The summed E-state index contributed by atoms with van der Waals surface area (Å²) in [6.45, 7) is 4.60. The van der Waals surface area contributed by atoms with Crippen molar-refractivity contribution in [1.29, 1.82) is 0 Å². The maximum absolute atomic E-state index is 12.3. The highest BCUT2D eigenvalue weighted by molar-refractivity contribution is 5.98. The van der Waals surface area contributed by atoms with Gasteiger partial charge in [0.1, 0.15) is 5.56 Å². The van der Waals surface area contributed by atoms with E-state index in [2.05, 4.69) is 5.32 Å². The molecule has 0 fully saturated rings. The summed E-state index contributed by atoms with van der Waals surface area (Å²) in [6, 6.07) is 11.3. The zero-order valence-corrected chi connectivity index (χ0v) is 17.6. The van der Waals surface area contributed by atoms with E-state index < -0.39 is 18.5 Å². The van der Waals surface area contributed by atoms with Gasteiger partial charge in [0.15, 0.2) is 18.1 Å². The molecule has 2 aromatic carbocycles. The van der Waals surface area contributed by atoms with Gasteiger partial charge in [0.2, 0.25) is 0 Å². The van der Waals surface area contributed by atoms with Gasteiger partial charge in [-0.05, 0) is 50.2 Å². The van der Waals surface area contributed by atoms with Crippen molar-refractivity contribution in [3.05, 3.63) is 53.6 Å². The Morgan fingerprint density at radius 1 is 0.933 bits per heavy atom. The number of hydrogen-bond acceptors (Lipinski definition) is 6. The Balaban J connectivity index is 1.95. The van der Waals surface area contributed by atoms with Crippen molar-refractivity contribution < 1.29 is 28.6 Å². The number of nitrogens with zero attached hydrogens (tertiary/aromatic N) is 1. The van der Waals surface area contributed by atoms with Crippen LogP contribution in [0, 0.1) is 0 Å². The lowest BCUT2D eigenvalue weighted by molar-refractivity contribution is -0.119. The van der Waals surface area contributed by atoms with E-state index in [0.29, 0.717) is 30.1 Å². The van der Waals surface area contributed by atoms with Crippen LogP contribution in [0.4, 0.5) is 5.69 Å². The summed E-state index contributed by atoms with van der Waals surface area (Å²) in [4.78, 5) is 38.5. The summed E-state index contributed by atoms with van der Waals surface area (Å²) in [5, 5.41) is 2.63.